The van der Waals surface area contributed by atoms with Crippen molar-refractivity contribution in [3.05, 3.63) is 11.1 Å². The normalized spacial score (nSPS) is 25.8. The van der Waals surface area contributed by atoms with Gasteiger partial charge >= 0.3 is 0 Å². The van der Waals surface area contributed by atoms with Gasteiger partial charge in [0.05, 0.1) is 17.4 Å². The summed E-state index contributed by atoms with van der Waals surface area (Å²) in [6.07, 6.45) is 0.278. The van der Waals surface area contributed by atoms with E-state index in [9.17, 15) is 0 Å². The monoisotopic (exact) mass is 241 g/mol. The number of nitrogen functional groups attached to an aromatic ring is 1. The van der Waals surface area contributed by atoms with Crippen LogP contribution in [0.25, 0.3) is 0 Å². The summed E-state index contributed by atoms with van der Waals surface area (Å²) >= 11 is 1.50. The lowest BCUT2D eigenvalue weighted by Crippen LogP contribution is -2.51. The van der Waals surface area contributed by atoms with E-state index < -0.39 is 0 Å². The Kier molecular flexibility index (Phi) is 3.19. The smallest absolute Gasteiger partial charge is 0.180 e. The molecule has 0 spiro atoms. The highest BCUT2D eigenvalue weighted by molar-refractivity contribution is 7.13. The second-order valence-electron chi connectivity index (χ2n) is 5.03. The van der Waals surface area contributed by atoms with Gasteiger partial charge in [-0.05, 0) is 20.8 Å². The van der Waals surface area contributed by atoms with Crippen molar-refractivity contribution in [3.8, 4) is 0 Å². The first-order valence-electron chi connectivity index (χ1n) is 5.55. The van der Waals surface area contributed by atoms with E-state index in [1.165, 1.54) is 11.3 Å². The first-order chi connectivity index (χ1) is 7.44. The molecule has 1 aliphatic heterocycles. The third kappa shape index (κ3) is 2.93. The maximum Gasteiger partial charge on any atom is 0.180 e. The van der Waals surface area contributed by atoms with Crippen LogP contribution in [0.4, 0.5) is 5.13 Å². The summed E-state index contributed by atoms with van der Waals surface area (Å²) in [5.74, 6) is 0. The van der Waals surface area contributed by atoms with Crippen molar-refractivity contribution in [2.24, 2.45) is 0 Å². The summed E-state index contributed by atoms with van der Waals surface area (Å²) in [7, 11) is 0. The van der Waals surface area contributed by atoms with Crippen LogP contribution >= 0.6 is 11.3 Å². The van der Waals surface area contributed by atoms with Gasteiger partial charge in [-0.3, -0.25) is 4.90 Å². The molecule has 90 valence electrons. The topological polar surface area (TPSA) is 51.4 Å². The van der Waals surface area contributed by atoms with E-state index in [0.717, 1.165) is 25.3 Å². The minimum Gasteiger partial charge on any atom is -0.375 e. The van der Waals surface area contributed by atoms with Crippen LogP contribution in [-0.4, -0.2) is 34.7 Å². The van der Waals surface area contributed by atoms with Gasteiger partial charge in [-0.2, -0.15) is 0 Å². The largest absolute Gasteiger partial charge is 0.375 e. The van der Waals surface area contributed by atoms with E-state index in [4.69, 9.17) is 10.5 Å². The van der Waals surface area contributed by atoms with Crippen LogP contribution in [-0.2, 0) is 11.3 Å². The van der Waals surface area contributed by atoms with E-state index in [-0.39, 0.29) is 11.7 Å². The predicted molar refractivity (Wildman–Crippen MR) is 66.4 cm³/mol. The summed E-state index contributed by atoms with van der Waals surface area (Å²) in [6.45, 7) is 9.14. The van der Waals surface area contributed by atoms with Gasteiger partial charge in [0, 0.05) is 25.0 Å². The molecule has 5 heteroatoms. The van der Waals surface area contributed by atoms with Gasteiger partial charge < -0.3 is 10.5 Å². The highest BCUT2D eigenvalue weighted by Crippen LogP contribution is 2.22. The lowest BCUT2D eigenvalue weighted by molar-refractivity contribution is -0.130. The molecule has 0 amide bonds. The molecule has 1 aromatic heterocycles. The summed E-state index contributed by atoms with van der Waals surface area (Å²) in [4.78, 5) is 6.67. The van der Waals surface area contributed by atoms with Crippen molar-refractivity contribution >= 4 is 16.5 Å². The molecule has 1 aromatic rings. The van der Waals surface area contributed by atoms with Gasteiger partial charge in [0.2, 0.25) is 0 Å². The quantitative estimate of drug-likeness (QED) is 0.856. The van der Waals surface area contributed by atoms with Gasteiger partial charge in [0.25, 0.3) is 0 Å². The minimum atomic E-state index is -0.0702. The number of ether oxygens (including phenoxy) is 1. The molecule has 2 rings (SSSR count). The Hall–Kier alpha value is -0.650. The highest BCUT2D eigenvalue weighted by Gasteiger charge is 2.31. The SMILES string of the molecule is CC1CN(Cc2csc(N)n2)CC(C)(C)O1. The first kappa shape index (κ1) is 11.8. The van der Waals surface area contributed by atoms with E-state index in [1.54, 1.807) is 0 Å². The lowest BCUT2D eigenvalue weighted by Gasteiger charge is -2.41. The molecule has 0 aromatic carbocycles. The third-order valence-electron chi connectivity index (χ3n) is 2.60. The number of hydrogen-bond acceptors (Lipinski definition) is 5. The van der Waals surface area contributed by atoms with Crippen molar-refractivity contribution in [2.75, 3.05) is 18.8 Å². The average molecular weight is 241 g/mol. The second kappa shape index (κ2) is 4.31. The van der Waals surface area contributed by atoms with E-state index >= 15 is 0 Å². The summed E-state index contributed by atoms with van der Waals surface area (Å²) in [5, 5.41) is 2.68. The van der Waals surface area contributed by atoms with Crippen molar-refractivity contribution in [1.29, 1.82) is 0 Å². The van der Waals surface area contributed by atoms with Gasteiger partial charge in [0.15, 0.2) is 5.13 Å². The number of aromatic nitrogens is 1. The Morgan fingerprint density at radius 1 is 1.69 bits per heavy atom. The first-order valence-corrected chi connectivity index (χ1v) is 6.43. The molecule has 4 nitrogen and oxygen atoms in total. The number of thiazole rings is 1. The van der Waals surface area contributed by atoms with Crippen molar-refractivity contribution in [1.82, 2.24) is 9.88 Å². The van der Waals surface area contributed by atoms with Crippen LogP contribution in [0, 0.1) is 0 Å². The molecule has 0 radical (unpaired) electrons. The van der Waals surface area contributed by atoms with Gasteiger partial charge in [-0.25, -0.2) is 4.98 Å². The zero-order valence-electron chi connectivity index (χ0n) is 10.1. The fraction of sp³-hybridized carbons (Fsp3) is 0.727. The zero-order valence-corrected chi connectivity index (χ0v) is 10.9. The minimum absolute atomic E-state index is 0.0702. The van der Waals surface area contributed by atoms with Crippen LogP contribution in [0.5, 0.6) is 0 Å². The van der Waals surface area contributed by atoms with Gasteiger partial charge in [-0.15, -0.1) is 11.3 Å². The van der Waals surface area contributed by atoms with Crippen LogP contribution in [0.3, 0.4) is 0 Å². The Labute approximate surface area is 100 Å². The number of nitrogens with zero attached hydrogens (tertiary/aromatic N) is 2. The van der Waals surface area contributed by atoms with Gasteiger partial charge in [0.1, 0.15) is 0 Å². The Morgan fingerprint density at radius 3 is 3.00 bits per heavy atom. The molecule has 0 saturated carbocycles. The van der Waals surface area contributed by atoms with Crippen molar-refractivity contribution < 1.29 is 4.74 Å². The van der Waals surface area contributed by atoms with Crippen LogP contribution < -0.4 is 5.73 Å². The van der Waals surface area contributed by atoms with Gasteiger partial charge in [-0.1, -0.05) is 0 Å². The van der Waals surface area contributed by atoms with Crippen molar-refractivity contribution in [3.63, 3.8) is 0 Å². The zero-order chi connectivity index (χ0) is 11.8. The highest BCUT2D eigenvalue weighted by atomic mass is 32.1. The summed E-state index contributed by atoms with van der Waals surface area (Å²) < 4.78 is 5.86. The molecule has 1 aliphatic rings. The summed E-state index contributed by atoms with van der Waals surface area (Å²) in [5.41, 5.74) is 6.62. The Morgan fingerprint density at radius 2 is 2.44 bits per heavy atom. The summed E-state index contributed by atoms with van der Waals surface area (Å²) in [6, 6.07) is 0. The third-order valence-corrected chi connectivity index (χ3v) is 3.32. The van der Waals surface area contributed by atoms with Crippen LogP contribution in [0.15, 0.2) is 5.38 Å². The van der Waals surface area contributed by atoms with Crippen LogP contribution in [0.2, 0.25) is 0 Å². The fourth-order valence-electron chi connectivity index (χ4n) is 2.33. The van der Waals surface area contributed by atoms with E-state index in [0.29, 0.717) is 5.13 Å². The molecule has 2 N–H and O–H groups in total. The number of anilines is 1. The lowest BCUT2D eigenvalue weighted by atomic mass is 10.1. The number of nitrogens with two attached hydrogens (primary N) is 1. The molecular weight excluding hydrogens is 222 g/mol. The molecule has 16 heavy (non-hydrogen) atoms. The Bertz CT molecular complexity index is 364. The molecule has 0 bridgehead atoms. The predicted octanol–water partition coefficient (Wildman–Crippen LogP) is 1.72. The Balaban J connectivity index is 1.99. The van der Waals surface area contributed by atoms with Crippen molar-refractivity contribution in [2.45, 2.75) is 39.0 Å². The maximum absolute atomic E-state index is 5.86. The molecule has 0 aliphatic carbocycles. The fourth-order valence-corrected chi connectivity index (χ4v) is 2.88. The maximum atomic E-state index is 5.86. The number of morpholine rings is 1. The standard InChI is InChI=1S/C11H19N3OS/c1-8-4-14(7-11(2,3)15-8)5-9-6-16-10(12)13-9/h6,8H,4-5,7H2,1-3H3,(H2,12,13). The van der Waals surface area contributed by atoms with Crippen LogP contribution in [0.1, 0.15) is 26.5 Å². The number of rotatable bonds is 2. The molecule has 1 saturated heterocycles. The second-order valence-corrected chi connectivity index (χ2v) is 5.92. The number of hydrogen-bond donors (Lipinski definition) is 1. The average Bonchev–Trinajstić information content (AvgIpc) is 2.46. The molecular formula is C11H19N3OS. The molecule has 2 heterocycles. The molecule has 1 fully saturated rings. The molecule has 1 atom stereocenters. The van der Waals surface area contributed by atoms with E-state index in [2.05, 4.69) is 30.7 Å². The van der Waals surface area contributed by atoms with E-state index in [1.807, 2.05) is 5.38 Å². The molecule has 1 unspecified atom stereocenters.